The van der Waals surface area contributed by atoms with Crippen molar-refractivity contribution in [3.63, 3.8) is 0 Å². The standard InChI is InChI=1S/C16H26N2O3/c1-5-20-14-8-7-12(10-15(14)21-6-2)18-16(19)13(17)9-11(3)4/h7-8,10-11,13H,5-6,9,17H2,1-4H3,(H,18,19)/t13-/m0/s1. The van der Waals surface area contributed by atoms with Gasteiger partial charge < -0.3 is 20.5 Å². The van der Waals surface area contributed by atoms with Gasteiger partial charge in [0.15, 0.2) is 11.5 Å². The number of nitrogens with one attached hydrogen (secondary N) is 1. The predicted molar refractivity (Wildman–Crippen MR) is 84.8 cm³/mol. The lowest BCUT2D eigenvalue weighted by Gasteiger charge is -2.16. The van der Waals surface area contributed by atoms with E-state index in [9.17, 15) is 4.79 Å². The van der Waals surface area contributed by atoms with Crippen LogP contribution in [0.1, 0.15) is 34.1 Å². The molecule has 0 aliphatic rings. The average Bonchev–Trinajstić information content (AvgIpc) is 2.41. The van der Waals surface area contributed by atoms with Crippen LogP contribution in [0.3, 0.4) is 0 Å². The van der Waals surface area contributed by atoms with Gasteiger partial charge in [-0.05, 0) is 38.3 Å². The molecule has 0 bridgehead atoms. The first-order valence-corrected chi connectivity index (χ1v) is 7.44. The van der Waals surface area contributed by atoms with E-state index in [1.54, 1.807) is 18.2 Å². The Bertz CT molecular complexity index is 461. The Balaban J connectivity index is 2.79. The third-order valence-corrected chi connectivity index (χ3v) is 2.87. The molecular formula is C16H26N2O3. The average molecular weight is 294 g/mol. The minimum atomic E-state index is -0.507. The Kier molecular flexibility index (Phi) is 7.02. The number of hydrogen-bond acceptors (Lipinski definition) is 4. The van der Waals surface area contributed by atoms with Crippen LogP contribution in [0.15, 0.2) is 18.2 Å². The summed E-state index contributed by atoms with van der Waals surface area (Å²) in [6.07, 6.45) is 0.654. The maximum Gasteiger partial charge on any atom is 0.241 e. The highest BCUT2D eigenvalue weighted by atomic mass is 16.5. The third-order valence-electron chi connectivity index (χ3n) is 2.87. The summed E-state index contributed by atoms with van der Waals surface area (Å²) in [6.45, 7) is 8.99. The van der Waals surface area contributed by atoms with Crippen LogP contribution >= 0.6 is 0 Å². The summed E-state index contributed by atoms with van der Waals surface area (Å²) < 4.78 is 11.0. The van der Waals surface area contributed by atoms with Crippen LogP contribution < -0.4 is 20.5 Å². The van der Waals surface area contributed by atoms with Gasteiger partial charge in [0.1, 0.15) is 0 Å². The summed E-state index contributed by atoms with van der Waals surface area (Å²) in [5.74, 6) is 1.48. The van der Waals surface area contributed by atoms with E-state index in [1.165, 1.54) is 0 Å². The second-order valence-corrected chi connectivity index (χ2v) is 5.25. The lowest BCUT2D eigenvalue weighted by molar-refractivity contribution is -0.117. The largest absolute Gasteiger partial charge is 0.490 e. The Hall–Kier alpha value is -1.75. The van der Waals surface area contributed by atoms with Gasteiger partial charge in [-0.2, -0.15) is 0 Å². The van der Waals surface area contributed by atoms with Gasteiger partial charge in [0.05, 0.1) is 19.3 Å². The van der Waals surface area contributed by atoms with Gasteiger partial charge in [-0.1, -0.05) is 13.8 Å². The van der Waals surface area contributed by atoms with Crippen LogP contribution in [-0.2, 0) is 4.79 Å². The maximum absolute atomic E-state index is 12.0. The Morgan fingerprint density at radius 1 is 1.19 bits per heavy atom. The first-order valence-electron chi connectivity index (χ1n) is 7.44. The number of benzene rings is 1. The molecule has 0 saturated carbocycles. The molecule has 21 heavy (non-hydrogen) atoms. The van der Waals surface area contributed by atoms with Gasteiger partial charge in [-0.3, -0.25) is 4.79 Å². The molecule has 3 N–H and O–H groups in total. The van der Waals surface area contributed by atoms with Crippen LogP contribution in [0.5, 0.6) is 11.5 Å². The number of amides is 1. The molecule has 0 unspecified atom stereocenters. The van der Waals surface area contributed by atoms with E-state index >= 15 is 0 Å². The zero-order chi connectivity index (χ0) is 15.8. The molecule has 0 spiro atoms. The van der Waals surface area contributed by atoms with Crippen molar-refractivity contribution >= 4 is 11.6 Å². The minimum Gasteiger partial charge on any atom is -0.490 e. The van der Waals surface area contributed by atoms with Crippen LogP contribution in [0.4, 0.5) is 5.69 Å². The number of carbonyl (C=O) groups is 1. The second-order valence-electron chi connectivity index (χ2n) is 5.25. The molecule has 0 heterocycles. The monoisotopic (exact) mass is 294 g/mol. The number of anilines is 1. The third kappa shape index (κ3) is 5.63. The van der Waals surface area contributed by atoms with E-state index in [4.69, 9.17) is 15.2 Å². The summed E-state index contributed by atoms with van der Waals surface area (Å²) in [6, 6.07) is 4.83. The van der Waals surface area contributed by atoms with Crippen molar-refractivity contribution in [3.8, 4) is 11.5 Å². The van der Waals surface area contributed by atoms with E-state index in [-0.39, 0.29) is 5.91 Å². The van der Waals surface area contributed by atoms with E-state index in [2.05, 4.69) is 5.32 Å². The van der Waals surface area contributed by atoms with Crippen LogP contribution in [0.2, 0.25) is 0 Å². The Morgan fingerprint density at radius 2 is 1.81 bits per heavy atom. The molecule has 0 aliphatic heterocycles. The first-order chi connectivity index (χ1) is 9.97. The number of hydrogen-bond donors (Lipinski definition) is 2. The van der Waals surface area contributed by atoms with Crippen molar-refractivity contribution < 1.29 is 14.3 Å². The minimum absolute atomic E-state index is 0.185. The fraction of sp³-hybridized carbons (Fsp3) is 0.562. The van der Waals surface area contributed by atoms with Gasteiger partial charge in [-0.25, -0.2) is 0 Å². The predicted octanol–water partition coefficient (Wildman–Crippen LogP) is 2.80. The summed E-state index contributed by atoms with van der Waals surface area (Å²) in [5, 5.41) is 2.82. The molecule has 0 saturated heterocycles. The SMILES string of the molecule is CCOc1ccc(NC(=O)[C@@H](N)CC(C)C)cc1OCC. The molecular weight excluding hydrogens is 268 g/mol. The molecule has 0 fully saturated rings. The lowest BCUT2D eigenvalue weighted by Crippen LogP contribution is -2.36. The van der Waals surface area contributed by atoms with Gasteiger partial charge in [-0.15, -0.1) is 0 Å². The fourth-order valence-electron chi connectivity index (χ4n) is 1.98. The summed E-state index contributed by atoms with van der Waals surface area (Å²) in [5.41, 5.74) is 6.53. The van der Waals surface area contributed by atoms with Crippen molar-refractivity contribution in [1.82, 2.24) is 0 Å². The van der Waals surface area contributed by atoms with Crippen LogP contribution in [0.25, 0.3) is 0 Å². The molecule has 1 atom stereocenters. The van der Waals surface area contributed by atoms with E-state index < -0.39 is 6.04 Å². The maximum atomic E-state index is 12.0. The highest BCUT2D eigenvalue weighted by Gasteiger charge is 2.16. The van der Waals surface area contributed by atoms with Gasteiger partial charge in [0.25, 0.3) is 0 Å². The molecule has 1 rings (SSSR count). The van der Waals surface area contributed by atoms with E-state index in [0.29, 0.717) is 42.7 Å². The van der Waals surface area contributed by atoms with Crippen LogP contribution in [-0.4, -0.2) is 25.2 Å². The number of nitrogens with two attached hydrogens (primary N) is 1. The highest BCUT2D eigenvalue weighted by Crippen LogP contribution is 2.30. The lowest BCUT2D eigenvalue weighted by atomic mass is 10.0. The smallest absolute Gasteiger partial charge is 0.241 e. The van der Waals surface area contributed by atoms with Crippen molar-refractivity contribution in [3.05, 3.63) is 18.2 Å². The molecule has 5 nitrogen and oxygen atoms in total. The molecule has 0 aliphatic carbocycles. The second kappa shape index (κ2) is 8.52. The zero-order valence-corrected chi connectivity index (χ0v) is 13.3. The van der Waals surface area contributed by atoms with Crippen molar-refractivity contribution in [1.29, 1.82) is 0 Å². The summed E-state index contributed by atoms with van der Waals surface area (Å²) in [7, 11) is 0. The van der Waals surface area contributed by atoms with Crippen molar-refractivity contribution in [2.75, 3.05) is 18.5 Å². The van der Waals surface area contributed by atoms with Gasteiger partial charge in [0, 0.05) is 11.8 Å². The normalized spacial score (nSPS) is 12.1. The summed E-state index contributed by atoms with van der Waals surface area (Å²) in [4.78, 5) is 12.0. The Labute approximate surface area is 126 Å². The quantitative estimate of drug-likeness (QED) is 0.773. The number of ether oxygens (including phenoxy) is 2. The van der Waals surface area contributed by atoms with Gasteiger partial charge in [0.2, 0.25) is 5.91 Å². The highest BCUT2D eigenvalue weighted by molar-refractivity contribution is 5.94. The topological polar surface area (TPSA) is 73.6 Å². The molecule has 0 aromatic heterocycles. The van der Waals surface area contributed by atoms with Crippen LogP contribution in [0, 0.1) is 5.92 Å². The number of carbonyl (C=O) groups excluding carboxylic acids is 1. The van der Waals surface area contributed by atoms with Crippen molar-refractivity contribution in [2.45, 2.75) is 40.2 Å². The first kappa shape index (κ1) is 17.3. The molecule has 118 valence electrons. The number of rotatable bonds is 8. The molecule has 1 aromatic carbocycles. The fourth-order valence-corrected chi connectivity index (χ4v) is 1.98. The molecule has 1 aromatic rings. The van der Waals surface area contributed by atoms with Gasteiger partial charge >= 0.3 is 0 Å². The van der Waals surface area contributed by atoms with Crippen molar-refractivity contribution in [2.24, 2.45) is 11.7 Å². The van der Waals surface area contributed by atoms with E-state index in [1.807, 2.05) is 27.7 Å². The van der Waals surface area contributed by atoms with E-state index in [0.717, 1.165) is 0 Å². The Morgan fingerprint density at radius 3 is 2.38 bits per heavy atom. The molecule has 0 radical (unpaired) electrons. The zero-order valence-electron chi connectivity index (χ0n) is 13.3. The molecule has 5 heteroatoms. The molecule has 1 amide bonds. The summed E-state index contributed by atoms with van der Waals surface area (Å²) >= 11 is 0.